The third-order valence-electron chi connectivity index (χ3n) is 4.13. The monoisotopic (exact) mass is 371 g/mol. The Morgan fingerprint density at radius 1 is 1.42 bits per heavy atom. The molecular formula is C15H18ClN3O4S. The van der Waals surface area contributed by atoms with E-state index in [1.807, 2.05) is 0 Å². The zero-order valence-corrected chi connectivity index (χ0v) is 15.0. The lowest BCUT2D eigenvalue weighted by atomic mass is 9.85. The fourth-order valence-electron chi connectivity index (χ4n) is 2.42. The molecule has 0 atom stereocenters. The van der Waals surface area contributed by atoms with Crippen molar-refractivity contribution < 1.29 is 17.7 Å². The van der Waals surface area contributed by atoms with Crippen LogP contribution in [0, 0.1) is 0 Å². The Morgan fingerprint density at radius 2 is 2.17 bits per heavy atom. The Labute approximate surface area is 145 Å². The Hall–Kier alpha value is -1.64. The van der Waals surface area contributed by atoms with Gasteiger partial charge in [0.05, 0.1) is 23.6 Å². The number of hydrogen-bond donors (Lipinski definition) is 0. The number of aromatic nitrogens is 2. The van der Waals surface area contributed by atoms with Gasteiger partial charge >= 0.3 is 0 Å². The van der Waals surface area contributed by atoms with Crippen LogP contribution < -0.4 is 4.74 Å². The molecule has 1 fully saturated rings. The molecular weight excluding hydrogens is 354 g/mol. The zero-order valence-electron chi connectivity index (χ0n) is 13.4. The Morgan fingerprint density at radius 3 is 2.75 bits per heavy atom. The van der Waals surface area contributed by atoms with Crippen molar-refractivity contribution >= 4 is 21.6 Å². The van der Waals surface area contributed by atoms with Crippen LogP contribution in [0.2, 0.25) is 5.02 Å². The predicted octanol–water partition coefficient (Wildman–Crippen LogP) is 2.82. The second-order valence-corrected chi connectivity index (χ2v) is 8.19. The highest BCUT2D eigenvalue weighted by atomic mass is 35.5. The molecule has 0 spiro atoms. The van der Waals surface area contributed by atoms with Gasteiger partial charge in [-0.3, -0.25) is 0 Å². The summed E-state index contributed by atoms with van der Waals surface area (Å²) in [5, 5.41) is 4.11. The fraction of sp³-hybridized carbons (Fsp3) is 0.467. The molecule has 9 heteroatoms. The molecule has 1 aliphatic carbocycles. The number of rotatable bonds is 6. The standard InChI is InChI=1S/C15H18ClN3O4S/c1-19(9-14-17-15(23-18-14)10-4-3-5-10)24(20,21)11-6-7-13(22-2)12(16)8-11/h6-8,10H,3-5,9H2,1-2H3. The van der Waals surface area contributed by atoms with Crippen molar-refractivity contribution in [2.45, 2.75) is 36.6 Å². The predicted molar refractivity (Wildman–Crippen MR) is 87.5 cm³/mol. The van der Waals surface area contributed by atoms with E-state index in [0.717, 1.165) is 19.3 Å². The van der Waals surface area contributed by atoms with Crippen LogP contribution in [-0.4, -0.2) is 37.0 Å². The summed E-state index contributed by atoms with van der Waals surface area (Å²) in [6, 6.07) is 4.33. The molecule has 24 heavy (non-hydrogen) atoms. The quantitative estimate of drug-likeness (QED) is 0.776. The zero-order chi connectivity index (χ0) is 17.3. The molecule has 0 unspecified atom stereocenters. The number of hydrogen-bond acceptors (Lipinski definition) is 6. The molecule has 3 rings (SSSR count). The second-order valence-electron chi connectivity index (χ2n) is 5.73. The highest BCUT2D eigenvalue weighted by Gasteiger charge is 2.27. The van der Waals surface area contributed by atoms with E-state index in [2.05, 4.69) is 10.1 Å². The van der Waals surface area contributed by atoms with Gasteiger partial charge < -0.3 is 9.26 Å². The SMILES string of the molecule is COc1ccc(S(=O)(=O)N(C)Cc2noc(C3CCC3)n2)cc1Cl. The smallest absolute Gasteiger partial charge is 0.243 e. The van der Waals surface area contributed by atoms with Crippen molar-refractivity contribution in [1.29, 1.82) is 0 Å². The molecule has 0 amide bonds. The Balaban J connectivity index is 1.76. The van der Waals surface area contributed by atoms with Gasteiger partial charge in [0, 0.05) is 13.0 Å². The average Bonchev–Trinajstić information content (AvgIpc) is 2.93. The summed E-state index contributed by atoms with van der Waals surface area (Å²) < 4.78 is 36.7. The molecule has 1 aromatic carbocycles. The molecule has 1 heterocycles. The van der Waals surface area contributed by atoms with E-state index in [1.54, 1.807) is 0 Å². The maximum atomic E-state index is 12.6. The minimum Gasteiger partial charge on any atom is -0.495 e. The van der Waals surface area contributed by atoms with Crippen LogP contribution in [0.1, 0.15) is 36.9 Å². The van der Waals surface area contributed by atoms with Crippen LogP contribution in [0.15, 0.2) is 27.6 Å². The van der Waals surface area contributed by atoms with Gasteiger partial charge in [-0.1, -0.05) is 23.2 Å². The van der Waals surface area contributed by atoms with Gasteiger partial charge in [0.1, 0.15) is 5.75 Å². The van der Waals surface area contributed by atoms with Crippen LogP contribution in [0.4, 0.5) is 0 Å². The van der Waals surface area contributed by atoms with Crippen LogP contribution in [0.25, 0.3) is 0 Å². The second kappa shape index (κ2) is 6.70. The third kappa shape index (κ3) is 3.26. The van der Waals surface area contributed by atoms with Gasteiger partial charge in [0.2, 0.25) is 15.9 Å². The first kappa shape index (κ1) is 17.2. The summed E-state index contributed by atoms with van der Waals surface area (Å²) in [6.45, 7) is 0.0300. The van der Waals surface area contributed by atoms with Crippen molar-refractivity contribution in [2.75, 3.05) is 14.2 Å². The normalized spacial score (nSPS) is 15.5. The molecule has 1 aliphatic rings. The molecule has 7 nitrogen and oxygen atoms in total. The fourth-order valence-corrected chi connectivity index (χ4v) is 3.90. The van der Waals surface area contributed by atoms with Crippen LogP contribution >= 0.6 is 11.6 Å². The van der Waals surface area contributed by atoms with E-state index in [9.17, 15) is 8.42 Å². The van der Waals surface area contributed by atoms with Gasteiger partial charge in [-0.15, -0.1) is 0 Å². The number of sulfonamides is 1. The van der Waals surface area contributed by atoms with Gasteiger partial charge in [-0.25, -0.2) is 8.42 Å². The van der Waals surface area contributed by atoms with Crippen molar-refractivity contribution in [2.24, 2.45) is 0 Å². The molecule has 130 valence electrons. The van der Waals surface area contributed by atoms with Crippen molar-refractivity contribution in [1.82, 2.24) is 14.4 Å². The van der Waals surface area contributed by atoms with Gasteiger partial charge in [-0.05, 0) is 31.0 Å². The lowest BCUT2D eigenvalue weighted by molar-refractivity contribution is 0.290. The number of methoxy groups -OCH3 is 1. The molecule has 0 aliphatic heterocycles. The van der Waals surface area contributed by atoms with Gasteiger partial charge in [0.15, 0.2) is 5.82 Å². The topological polar surface area (TPSA) is 85.5 Å². The molecule has 0 bridgehead atoms. The Bertz CT molecular complexity index is 833. The van der Waals surface area contributed by atoms with Crippen LogP contribution in [-0.2, 0) is 16.6 Å². The molecule has 2 aromatic rings. The van der Waals surface area contributed by atoms with Crippen LogP contribution in [0.5, 0.6) is 5.75 Å². The number of nitrogens with zero attached hydrogens (tertiary/aromatic N) is 3. The molecule has 0 N–H and O–H groups in total. The first-order chi connectivity index (χ1) is 11.4. The highest BCUT2D eigenvalue weighted by Crippen LogP contribution is 2.35. The van der Waals surface area contributed by atoms with E-state index in [0.29, 0.717) is 23.4 Å². The number of ether oxygens (including phenoxy) is 1. The first-order valence-corrected chi connectivity index (χ1v) is 9.36. The maximum absolute atomic E-state index is 12.6. The summed E-state index contributed by atoms with van der Waals surface area (Å²) >= 11 is 6.01. The van der Waals surface area contributed by atoms with Crippen molar-refractivity contribution in [3.05, 3.63) is 34.9 Å². The summed E-state index contributed by atoms with van der Waals surface area (Å²) in [5.41, 5.74) is 0. The third-order valence-corrected chi connectivity index (χ3v) is 6.23. The minimum atomic E-state index is -3.72. The Kier molecular flexibility index (Phi) is 4.80. The number of benzene rings is 1. The molecule has 1 aromatic heterocycles. The average molecular weight is 372 g/mol. The summed E-state index contributed by atoms with van der Waals surface area (Å²) in [4.78, 5) is 4.38. The van der Waals surface area contributed by atoms with Gasteiger partial charge in [0.25, 0.3) is 0 Å². The lowest BCUT2D eigenvalue weighted by Gasteiger charge is -2.20. The number of halogens is 1. The molecule has 0 radical (unpaired) electrons. The van der Waals surface area contributed by atoms with E-state index in [-0.39, 0.29) is 16.5 Å². The maximum Gasteiger partial charge on any atom is 0.243 e. The summed E-state index contributed by atoms with van der Waals surface area (Å²) in [7, 11) is -0.781. The molecule has 1 saturated carbocycles. The van der Waals surface area contributed by atoms with Crippen molar-refractivity contribution in [3.63, 3.8) is 0 Å². The largest absolute Gasteiger partial charge is 0.495 e. The highest BCUT2D eigenvalue weighted by molar-refractivity contribution is 7.89. The van der Waals surface area contributed by atoms with Crippen molar-refractivity contribution in [3.8, 4) is 5.75 Å². The lowest BCUT2D eigenvalue weighted by Crippen LogP contribution is -2.27. The minimum absolute atomic E-state index is 0.0300. The van der Waals surface area contributed by atoms with E-state index in [1.165, 1.54) is 36.7 Å². The van der Waals surface area contributed by atoms with E-state index in [4.69, 9.17) is 20.9 Å². The first-order valence-electron chi connectivity index (χ1n) is 7.54. The van der Waals surface area contributed by atoms with Crippen LogP contribution in [0.3, 0.4) is 0 Å². The van der Waals surface area contributed by atoms with Gasteiger partial charge in [-0.2, -0.15) is 9.29 Å². The molecule has 0 saturated heterocycles. The summed E-state index contributed by atoms with van der Waals surface area (Å²) in [6.07, 6.45) is 3.25. The summed E-state index contributed by atoms with van der Waals surface area (Å²) in [5.74, 6) is 1.67. The van der Waals surface area contributed by atoms with E-state index >= 15 is 0 Å². The van der Waals surface area contributed by atoms with E-state index < -0.39 is 10.0 Å².